The second-order valence-corrected chi connectivity index (χ2v) is 6.93. The highest BCUT2D eigenvalue weighted by molar-refractivity contribution is 14.1. The molecule has 2 amide bonds. The van der Waals surface area contributed by atoms with E-state index in [1.54, 1.807) is 4.90 Å². The first-order valence-corrected chi connectivity index (χ1v) is 8.55. The lowest BCUT2D eigenvalue weighted by Gasteiger charge is -2.19. The van der Waals surface area contributed by atoms with Gasteiger partial charge in [-0.15, -0.1) is 0 Å². The zero-order chi connectivity index (χ0) is 16.4. The number of anilines is 2. The maximum absolute atomic E-state index is 12.4. The zero-order valence-electron chi connectivity index (χ0n) is 12.8. The van der Waals surface area contributed by atoms with Crippen molar-refractivity contribution in [2.24, 2.45) is 5.92 Å². The molecular weight excluding hydrogens is 403 g/mol. The smallest absolute Gasteiger partial charge is 0.229 e. The highest BCUT2D eigenvalue weighted by atomic mass is 127. The number of aryl methyl sites for hydroxylation is 1. The van der Waals surface area contributed by atoms with Crippen LogP contribution in [0.2, 0.25) is 0 Å². The lowest BCUT2D eigenvalue weighted by atomic mass is 10.1. The van der Waals surface area contributed by atoms with Crippen LogP contribution < -0.4 is 10.2 Å². The molecule has 0 saturated carbocycles. The Morgan fingerprint density at radius 3 is 2.57 bits per heavy atom. The van der Waals surface area contributed by atoms with Crippen molar-refractivity contribution >= 4 is 45.8 Å². The van der Waals surface area contributed by atoms with Crippen molar-refractivity contribution < 1.29 is 9.59 Å². The molecular formula is C18H17IN2O2. The van der Waals surface area contributed by atoms with Gasteiger partial charge in [-0.05, 0) is 65.4 Å². The number of hydrogen-bond acceptors (Lipinski definition) is 2. The first-order valence-electron chi connectivity index (χ1n) is 7.47. The van der Waals surface area contributed by atoms with Gasteiger partial charge in [0.1, 0.15) is 0 Å². The number of benzene rings is 2. The molecule has 1 aliphatic heterocycles. The van der Waals surface area contributed by atoms with E-state index < -0.39 is 0 Å². The van der Waals surface area contributed by atoms with Gasteiger partial charge in [0.15, 0.2) is 0 Å². The largest absolute Gasteiger partial charge is 0.326 e. The van der Waals surface area contributed by atoms with Crippen LogP contribution in [0.3, 0.4) is 0 Å². The summed E-state index contributed by atoms with van der Waals surface area (Å²) in [5.74, 6) is -0.418. The summed E-state index contributed by atoms with van der Waals surface area (Å²) in [4.78, 5) is 26.4. The highest BCUT2D eigenvalue weighted by Crippen LogP contribution is 2.28. The third kappa shape index (κ3) is 3.55. The Morgan fingerprint density at radius 2 is 1.87 bits per heavy atom. The van der Waals surface area contributed by atoms with Gasteiger partial charge in [-0.2, -0.15) is 0 Å². The molecule has 0 aliphatic carbocycles. The van der Waals surface area contributed by atoms with Gasteiger partial charge in [-0.1, -0.05) is 18.2 Å². The summed E-state index contributed by atoms with van der Waals surface area (Å²) in [6.07, 6.45) is 0.254. The van der Waals surface area contributed by atoms with Crippen LogP contribution in [0.4, 0.5) is 11.4 Å². The maximum Gasteiger partial charge on any atom is 0.229 e. The molecule has 1 saturated heterocycles. The average Bonchev–Trinajstić information content (AvgIpc) is 2.92. The number of rotatable bonds is 3. The molecule has 0 bridgehead atoms. The van der Waals surface area contributed by atoms with Crippen LogP contribution >= 0.6 is 22.6 Å². The number of para-hydroxylation sites is 1. The van der Waals surface area contributed by atoms with Gasteiger partial charge in [0.2, 0.25) is 11.8 Å². The lowest BCUT2D eigenvalue weighted by molar-refractivity contribution is -0.122. The van der Waals surface area contributed by atoms with Crippen LogP contribution in [0.1, 0.15) is 12.0 Å². The number of nitrogens with one attached hydrogen (secondary N) is 1. The van der Waals surface area contributed by atoms with Crippen LogP contribution in [0.25, 0.3) is 0 Å². The lowest BCUT2D eigenvalue weighted by Crippen LogP contribution is -2.28. The molecule has 1 heterocycles. The van der Waals surface area contributed by atoms with Crippen LogP contribution in [0.15, 0.2) is 48.5 Å². The quantitative estimate of drug-likeness (QED) is 0.772. The molecule has 0 radical (unpaired) electrons. The molecule has 23 heavy (non-hydrogen) atoms. The van der Waals surface area contributed by atoms with Crippen molar-refractivity contribution in [1.82, 2.24) is 0 Å². The van der Waals surface area contributed by atoms with Crippen molar-refractivity contribution in [3.05, 3.63) is 57.7 Å². The van der Waals surface area contributed by atoms with Crippen molar-refractivity contribution in [2.75, 3.05) is 16.8 Å². The molecule has 0 unspecified atom stereocenters. The summed E-state index contributed by atoms with van der Waals surface area (Å²) in [7, 11) is 0. The minimum absolute atomic E-state index is 0.00191. The molecule has 1 N–H and O–H groups in total. The van der Waals surface area contributed by atoms with E-state index in [4.69, 9.17) is 0 Å². The zero-order valence-corrected chi connectivity index (χ0v) is 14.9. The van der Waals surface area contributed by atoms with Gasteiger partial charge in [0.05, 0.1) is 5.92 Å². The topological polar surface area (TPSA) is 49.4 Å². The first-order chi connectivity index (χ1) is 11.0. The van der Waals surface area contributed by atoms with Crippen LogP contribution in [-0.4, -0.2) is 18.4 Å². The van der Waals surface area contributed by atoms with E-state index in [0.29, 0.717) is 6.54 Å². The molecule has 1 aliphatic rings. The minimum atomic E-state index is -0.318. The number of hydrogen-bond donors (Lipinski definition) is 1. The summed E-state index contributed by atoms with van der Waals surface area (Å²) in [5.41, 5.74) is 2.69. The minimum Gasteiger partial charge on any atom is -0.326 e. The summed E-state index contributed by atoms with van der Waals surface area (Å²) in [5, 5.41) is 2.90. The second kappa shape index (κ2) is 6.70. The Morgan fingerprint density at radius 1 is 1.17 bits per heavy atom. The molecule has 118 valence electrons. The number of carbonyl (C=O) groups is 2. The summed E-state index contributed by atoms with van der Waals surface area (Å²) >= 11 is 2.22. The Labute approximate surface area is 149 Å². The van der Waals surface area contributed by atoms with E-state index >= 15 is 0 Å². The molecule has 1 atom stereocenters. The molecule has 1 fully saturated rings. The fourth-order valence-corrected chi connectivity index (χ4v) is 3.12. The van der Waals surface area contributed by atoms with Gasteiger partial charge in [0, 0.05) is 27.9 Å². The Balaban J connectivity index is 1.71. The van der Waals surface area contributed by atoms with Crippen molar-refractivity contribution in [2.45, 2.75) is 13.3 Å². The van der Waals surface area contributed by atoms with Gasteiger partial charge in [-0.25, -0.2) is 0 Å². The number of halogens is 1. The maximum atomic E-state index is 12.4. The standard InChI is InChI=1S/C18H17IN2O2/c1-12-4-2-3-5-16(12)21-11-13(10-17(21)22)18(23)20-15-8-6-14(19)7-9-15/h2-9,13H,10-11H2,1H3,(H,20,23)/t13-/m1/s1. The second-order valence-electron chi connectivity index (χ2n) is 5.69. The molecule has 5 heteroatoms. The number of amides is 2. The van der Waals surface area contributed by atoms with Crippen molar-refractivity contribution in [3.8, 4) is 0 Å². The van der Waals surface area contributed by atoms with Gasteiger partial charge >= 0.3 is 0 Å². The van der Waals surface area contributed by atoms with Crippen LogP contribution in [0.5, 0.6) is 0 Å². The molecule has 4 nitrogen and oxygen atoms in total. The van der Waals surface area contributed by atoms with Crippen LogP contribution in [0, 0.1) is 16.4 Å². The summed E-state index contributed by atoms with van der Waals surface area (Å²) in [6.45, 7) is 2.40. The Bertz CT molecular complexity index is 743. The molecule has 3 rings (SSSR count). The van der Waals surface area contributed by atoms with E-state index in [9.17, 15) is 9.59 Å². The van der Waals surface area contributed by atoms with E-state index in [-0.39, 0.29) is 24.2 Å². The third-order valence-corrected chi connectivity index (χ3v) is 4.73. The molecule has 0 aromatic heterocycles. The Kier molecular flexibility index (Phi) is 4.66. The number of carbonyl (C=O) groups excluding carboxylic acids is 2. The van der Waals surface area contributed by atoms with Gasteiger partial charge in [0.25, 0.3) is 0 Å². The van der Waals surface area contributed by atoms with Crippen molar-refractivity contribution in [1.29, 1.82) is 0 Å². The predicted octanol–water partition coefficient (Wildman–Crippen LogP) is 3.59. The van der Waals surface area contributed by atoms with E-state index in [0.717, 1.165) is 20.5 Å². The van der Waals surface area contributed by atoms with Crippen LogP contribution in [-0.2, 0) is 9.59 Å². The molecule has 0 spiro atoms. The average molecular weight is 420 g/mol. The fraction of sp³-hybridized carbons (Fsp3) is 0.222. The van der Waals surface area contributed by atoms with E-state index in [1.807, 2.05) is 55.5 Å². The van der Waals surface area contributed by atoms with Gasteiger partial charge < -0.3 is 10.2 Å². The van der Waals surface area contributed by atoms with Crippen molar-refractivity contribution in [3.63, 3.8) is 0 Å². The van der Waals surface area contributed by atoms with E-state index in [2.05, 4.69) is 27.9 Å². The molecule has 2 aromatic carbocycles. The first kappa shape index (κ1) is 16.0. The van der Waals surface area contributed by atoms with E-state index in [1.165, 1.54) is 0 Å². The monoisotopic (exact) mass is 420 g/mol. The fourth-order valence-electron chi connectivity index (χ4n) is 2.76. The van der Waals surface area contributed by atoms with Gasteiger partial charge in [-0.3, -0.25) is 9.59 Å². The molecule has 2 aromatic rings. The third-order valence-electron chi connectivity index (χ3n) is 4.01. The highest BCUT2D eigenvalue weighted by Gasteiger charge is 2.35. The normalized spacial score (nSPS) is 17.4. The summed E-state index contributed by atoms with van der Waals surface area (Å²) < 4.78 is 1.11. The predicted molar refractivity (Wildman–Crippen MR) is 99.4 cm³/mol. The summed E-state index contributed by atoms with van der Waals surface area (Å²) in [6, 6.07) is 15.4. The Hall–Kier alpha value is -1.89. The SMILES string of the molecule is Cc1ccccc1N1C[C@H](C(=O)Nc2ccc(I)cc2)CC1=O. The number of nitrogens with zero attached hydrogens (tertiary/aromatic N) is 1.